The van der Waals surface area contributed by atoms with Gasteiger partial charge in [-0.05, 0) is 13.0 Å². The van der Waals surface area contributed by atoms with Gasteiger partial charge in [-0.3, -0.25) is 19.6 Å². The van der Waals surface area contributed by atoms with E-state index < -0.39 is 22.3 Å². The summed E-state index contributed by atoms with van der Waals surface area (Å²) in [4.78, 5) is 22.3. The molecule has 2 rings (SSSR count). The molecule has 1 heterocycles. The van der Waals surface area contributed by atoms with Crippen molar-refractivity contribution in [1.82, 2.24) is 9.78 Å². The van der Waals surface area contributed by atoms with Crippen LogP contribution in [0.1, 0.15) is 15.9 Å². The molecule has 0 saturated carbocycles. The Morgan fingerprint density at radius 2 is 2.26 bits per heavy atom. The number of halogens is 1. The summed E-state index contributed by atoms with van der Waals surface area (Å²) in [6.07, 6.45) is 3.00. The Labute approximate surface area is 131 Å². The molecule has 23 heavy (non-hydrogen) atoms. The maximum atomic E-state index is 13.7. The summed E-state index contributed by atoms with van der Waals surface area (Å²) in [5.74, 6) is -1.46. The highest BCUT2D eigenvalue weighted by Crippen LogP contribution is 2.23. The van der Waals surface area contributed by atoms with Crippen LogP contribution in [0.4, 0.5) is 15.8 Å². The van der Waals surface area contributed by atoms with Crippen molar-refractivity contribution in [2.75, 3.05) is 19.0 Å². The van der Waals surface area contributed by atoms with Crippen LogP contribution in [0.3, 0.4) is 0 Å². The largest absolute Gasteiger partial charge is 0.383 e. The Balaban J connectivity index is 2.17. The normalized spacial score (nSPS) is 10.6. The van der Waals surface area contributed by atoms with Crippen LogP contribution in [-0.4, -0.2) is 34.3 Å². The first-order valence-corrected chi connectivity index (χ1v) is 6.69. The molecular weight excluding hydrogens is 307 g/mol. The number of aromatic nitrogens is 2. The third kappa shape index (κ3) is 3.89. The van der Waals surface area contributed by atoms with Crippen molar-refractivity contribution in [2.24, 2.45) is 0 Å². The lowest BCUT2D eigenvalue weighted by atomic mass is 10.1. The number of methoxy groups -OCH3 is 1. The summed E-state index contributed by atoms with van der Waals surface area (Å²) in [5, 5.41) is 17.4. The van der Waals surface area contributed by atoms with Crippen molar-refractivity contribution in [3.05, 3.63) is 51.6 Å². The Bertz CT molecular complexity index is 744. The lowest BCUT2D eigenvalue weighted by Gasteiger charge is -2.05. The maximum Gasteiger partial charge on any atom is 0.276 e. The second kappa shape index (κ2) is 6.97. The van der Waals surface area contributed by atoms with Crippen LogP contribution in [0.5, 0.6) is 0 Å². The average Bonchev–Trinajstić information content (AvgIpc) is 2.94. The number of amides is 1. The Morgan fingerprint density at radius 1 is 1.52 bits per heavy atom. The third-order valence-electron chi connectivity index (χ3n) is 3.19. The monoisotopic (exact) mass is 322 g/mol. The van der Waals surface area contributed by atoms with Gasteiger partial charge in [-0.15, -0.1) is 0 Å². The summed E-state index contributed by atoms with van der Waals surface area (Å²) in [7, 11) is 1.56. The van der Waals surface area contributed by atoms with Gasteiger partial charge in [0.15, 0.2) is 0 Å². The minimum atomic E-state index is -0.805. The van der Waals surface area contributed by atoms with Crippen LogP contribution in [0, 0.1) is 22.9 Å². The Hall–Kier alpha value is -2.81. The van der Waals surface area contributed by atoms with E-state index in [0.717, 1.165) is 12.1 Å². The number of nitrogens with one attached hydrogen (secondary N) is 1. The summed E-state index contributed by atoms with van der Waals surface area (Å²) in [6, 6.07) is 2.01. The Morgan fingerprint density at radius 3 is 2.91 bits per heavy atom. The van der Waals surface area contributed by atoms with Crippen molar-refractivity contribution in [1.29, 1.82) is 0 Å². The quantitative estimate of drug-likeness (QED) is 0.649. The van der Waals surface area contributed by atoms with Gasteiger partial charge < -0.3 is 10.1 Å². The fourth-order valence-electron chi connectivity index (χ4n) is 1.92. The first-order chi connectivity index (χ1) is 10.9. The first kappa shape index (κ1) is 16.6. The average molecular weight is 322 g/mol. The number of anilines is 1. The van der Waals surface area contributed by atoms with Gasteiger partial charge in [-0.1, -0.05) is 0 Å². The van der Waals surface area contributed by atoms with Gasteiger partial charge in [-0.2, -0.15) is 5.10 Å². The standard InChI is InChI=1S/C14H15FN4O4/c1-9-12(15)5-10(6-13(9)19(21)22)14(20)17-11-7-16-18(8-11)3-4-23-2/h5-8H,3-4H2,1-2H3,(H,17,20). The smallest absolute Gasteiger partial charge is 0.276 e. The van der Waals surface area contributed by atoms with Crippen LogP contribution in [-0.2, 0) is 11.3 Å². The van der Waals surface area contributed by atoms with Crippen molar-refractivity contribution >= 4 is 17.3 Å². The predicted octanol–water partition coefficient (Wildman–Crippen LogP) is 2.14. The number of ether oxygens (including phenoxy) is 1. The summed E-state index contributed by atoms with van der Waals surface area (Å²) < 4.78 is 20.2. The van der Waals surface area contributed by atoms with Crippen LogP contribution in [0.25, 0.3) is 0 Å². The number of hydrogen-bond acceptors (Lipinski definition) is 5. The van der Waals surface area contributed by atoms with Crippen molar-refractivity contribution in [3.63, 3.8) is 0 Å². The second-order valence-electron chi connectivity index (χ2n) is 4.80. The molecule has 122 valence electrons. The van der Waals surface area contributed by atoms with Gasteiger partial charge in [0, 0.05) is 24.9 Å². The molecule has 0 fully saturated rings. The van der Waals surface area contributed by atoms with Crippen molar-refractivity contribution < 1.29 is 18.8 Å². The fourth-order valence-corrected chi connectivity index (χ4v) is 1.92. The molecule has 0 unspecified atom stereocenters. The van der Waals surface area contributed by atoms with Gasteiger partial charge in [0.1, 0.15) is 5.82 Å². The molecule has 0 aliphatic rings. The van der Waals surface area contributed by atoms with E-state index in [1.54, 1.807) is 18.0 Å². The summed E-state index contributed by atoms with van der Waals surface area (Å²) in [6.45, 7) is 2.26. The number of carbonyl (C=O) groups excluding carboxylic acids is 1. The number of nitrogens with zero attached hydrogens (tertiary/aromatic N) is 3. The minimum absolute atomic E-state index is 0.112. The van der Waals surface area contributed by atoms with Gasteiger partial charge in [0.25, 0.3) is 11.6 Å². The SMILES string of the molecule is COCCn1cc(NC(=O)c2cc(F)c(C)c([N+](=O)[O-])c2)cn1. The highest BCUT2D eigenvalue weighted by atomic mass is 19.1. The molecule has 8 nitrogen and oxygen atoms in total. The molecule has 0 bridgehead atoms. The molecule has 0 radical (unpaired) electrons. The van der Waals surface area contributed by atoms with E-state index in [0.29, 0.717) is 18.8 Å². The van der Waals surface area contributed by atoms with E-state index in [9.17, 15) is 19.3 Å². The van der Waals surface area contributed by atoms with E-state index in [1.807, 2.05) is 0 Å². The van der Waals surface area contributed by atoms with Crippen LogP contribution >= 0.6 is 0 Å². The zero-order valence-corrected chi connectivity index (χ0v) is 12.6. The number of carbonyl (C=O) groups is 1. The molecular formula is C14H15FN4O4. The molecule has 1 aromatic heterocycles. The zero-order chi connectivity index (χ0) is 17.0. The van der Waals surface area contributed by atoms with E-state index in [-0.39, 0.29) is 11.1 Å². The van der Waals surface area contributed by atoms with E-state index in [1.165, 1.54) is 13.1 Å². The van der Waals surface area contributed by atoms with Gasteiger partial charge in [-0.25, -0.2) is 4.39 Å². The molecule has 0 spiro atoms. The fraction of sp³-hybridized carbons (Fsp3) is 0.286. The molecule has 0 atom stereocenters. The van der Waals surface area contributed by atoms with Crippen LogP contribution < -0.4 is 5.32 Å². The molecule has 1 aromatic carbocycles. The topological polar surface area (TPSA) is 99.3 Å². The number of nitro groups is 1. The number of benzene rings is 1. The van der Waals surface area contributed by atoms with E-state index in [2.05, 4.69) is 10.4 Å². The Kier molecular flexibility index (Phi) is 5.02. The number of rotatable bonds is 6. The van der Waals surface area contributed by atoms with Crippen LogP contribution in [0.2, 0.25) is 0 Å². The minimum Gasteiger partial charge on any atom is -0.383 e. The van der Waals surface area contributed by atoms with Crippen LogP contribution in [0.15, 0.2) is 24.5 Å². The van der Waals surface area contributed by atoms with Crippen molar-refractivity contribution in [3.8, 4) is 0 Å². The third-order valence-corrected chi connectivity index (χ3v) is 3.19. The molecule has 2 aromatic rings. The zero-order valence-electron chi connectivity index (χ0n) is 12.6. The van der Waals surface area contributed by atoms with E-state index in [4.69, 9.17) is 4.74 Å². The van der Waals surface area contributed by atoms with Gasteiger partial charge >= 0.3 is 0 Å². The summed E-state index contributed by atoms with van der Waals surface area (Å²) >= 11 is 0. The first-order valence-electron chi connectivity index (χ1n) is 6.69. The highest BCUT2D eigenvalue weighted by molar-refractivity contribution is 6.04. The molecule has 0 aliphatic heterocycles. The lowest BCUT2D eigenvalue weighted by Crippen LogP contribution is -2.13. The molecule has 1 amide bonds. The molecule has 0 saturated heterocycles. The van der Waals surface area contributed by atoms with Gasteiger partial charge in [0.05, 0.1) is 35.5 Å². The maximum absolute atomic E-state index is 13.7. The highest BCUT2D eigenvalue weighted by Gasteiger charge is 2.19. The lowest BCUT2D eigenvalue weighted by molar-refractivity contribution is -0.385. The summed E-state index contributed by atoms with van der Waals surface area (Å²) in [5.41, 5.74) is -0.288. The second-order valence-corrected chi connectivity index (χ2v) is 4.80. The van der Waals surface area contributed by atoms with Gasteiger partial charge in [0.2, 0.25) is 0 Å². The molecule has 9 heteroatoms. The number of hydrogen-bond donors (Lipinski definition) is 1. The number of nitro benzene ring substituents is 1. The molecule has 0 aliphatic carbocycles. The van der Waals surface area contributed by atoms with E-state index >= 15 is 0 Å². The van der Waals surface area contributed by atoms with Crippen molar-refractivity contribution in [2.45, 2.75) is 13.5 Å². The molecule has 1 N–H and O–H groups in total. The predicted molar refractivity (Wildman–Crippen MR) is 79.8 cm³/mol.